The Kier molecular flexibility index (Phi) is 2.64. The van der Waals surface area contributed by atoms with Gasteiger partial charge in [-0.25, -0.2) is 0 Å². The molecule has 0 spiro atoms. The van der Waals surface area contributed by atoms with Gasteiger partial charge in [0.2, 0.25) is 0 Å². The van der Waals surface area contributed by atoms with Crippen LogP contribution in [0.3, 0.4) is 0 Å². The SMILES string of the molecule is C=Cc1ccc(-c2ccc(C)cn2)cc1. The molecular formula is C14H13N. The van der Waals surface area contributed by atoms with Gasteiger partial charge in [0, 0.05) is 11.8 Å². The first-order valence-electron chi connectivity index (χ1n) is 4.95. The Morgan fingerprint density at radius 3 is 2.33 bits per heavy atom. The van der Waals surface area contributed by atoms with Gasteiger partial charge >= 0.3 is 0 Å². The van der Waals surface area contributed by atoms with Crippen LogP contribution in [0.2, 0.25) is 0 Å². The summed E-state index contributed by atoms with van der Waals surface area (Å²) in [6.07, 6.45) is 3.73. The average Bonchev–Trinajstić information content (AvgIpc) is 2.30. The normalized spacial score (nSPS) is 9.93. The highest BCUT2D eigenvalue weighted by molar-refractivity contribution is 5.61. The van der Waals surface area contributed by atoms with Gasteiger partial charge in [0.1, 0.15) is 0 Å². The molecule has 0 aliphatic carbocycles. The van der Waals surface area contributed by atoms with E-state index in [4.69, 9.17) is 0 Å². The molecule has 0 unspecified atom stereocenters. The van der Waals surface area contributed by atoms with Gasteiger partial charge in [0.05, 0.1) is 5.69 Å². The van der Waals surface area contributed by atoms with Crippen molar-refractivity contribution >= 4 is 6.08 Å². The molecule has 0 saturated carbocycles. The third kappa shape index (κ3) is 2.13. The number of nitrogens with zero attached hydrogens (tertiary/aromatic N) is 1. The maximum Gasteiger partial charge on any atom is 0.0702 e. The first kappa shape index (κ1) is 9.66. The maximum atomic E-state index is 4.38. The van der Waals surface area contributed by atoms with Crippen LogP contribution in [0.1, 0.15) is 11.1 Å². The number of pyridine rings is 1. The van der Waals surface area contributed by atoms with Crippen molar-refractivity contribution in [1.82, 2.24) is 4.98 Å². The summed E-state index contributed by atoms with van der Waals surface area (Å²) in [6.45, 7) is 5.77. The van der Waals surface area contributed by atoms with Gasteiger partial charge in [-0.2, -0.15) is 0 Å². The second kappa shape index (κ2) is 4.09. The molecule has 0 amide bonds. The van der Waals surface area contributed by atoms with E-state index >= 15 is 0 Å². The van der Waals surface area contributed by atoms with Crippen LogP contribution >= 0.6 is 0 Å². The molecule has 2 rings (SSSR count). The second-order valence-electron chi connectivity index (χ2n) is 3.55. The highest BCUT2D eigenvalue weighted by Gasteiger charge is 1.97. The number of benzene rings is 1. The number of hydrogen-bond acceptors (Lipinski definition) is 1. The van der Waals surface area contributed by atoms with Crippen molar-refractivity contribution in [3.63, 3.8) is 0 Å². The Morgan fingerprint density at radius 2 is 1.80 bits per heavy atom. The van der Waals surface area contributed by atoms with Crippen molar-refractivity contribution in [3.05, 3.63) is 60.3 Å². The Labute approximate surface area is 90.1 Å². The van der Waals surface area contributed by atoms with Crippen LogP contribution in [0.15, 0.2) is 49.2 Å². The smallest absolute Gasteiger partial charge is 0.0702 e. The fourth-order valence-corrected chi connectivity index (χ4v) is 1.43. The number of aromatic nitrogens is 1. The van der Waals surface area contributed by atoms with Crippen LogP contribution < -0.4 is 0 Å². The number of hydrogen-bond donors (Lipinski definition) is 0. The third-order valence-corrected chi connectivity index (χ3v) is 2.35. The van der Waals surface area contributed by atoms with E-state index in [2.05, 4.69) is 29.8 Å². The minimum absolute atomic E-state index is 1.01. The van der Waals surface area contributed by atoms with Crippen LogP contribution in [0.4, 0.5) is 0 Å². The van der Waals surface area contributed by atoms with Gasteiger partial charge in [-0.1, -0.05) is 43.0 Å². The van der Waals surface area contributed by atoms with E-state index in [0.29, 0.717) is 0 Å². The van der Waals surface area contributed by atoms with Crippen molar-refractivity contribution in [2.75, 3.05) is 0 Å². The summed E-state index contributed by atoms with van der Waals surface area (Å²) in [7, 11) is 0. The summed E-state index contributed by atoms with van der Waals surface area (Å²) < 4.78 is 0. The lowest BCUT2D eigenvalue weighted by molar-refractivity contribution is 1.27. The monoisotopic (exact) mass is 195 g/mol. The average molecular weight is 195 g/mol. The quantitative estimate of drug-likeness (QED) is 0.712. The maximum absolute atomic E-state index is 4.38. The zero-order valence-electron chi connectivity index (χ0n) is 8.77. The van der Waals surface area contributed by atoms with Gasteiger partial charge in [0.25, 0.3) is 0 Å². The Balaban J connectivity index is 2.37. The molecule has 1 aromatic heterocycles. The molecule has 0 aliphatic heterocycles. The lowest BCUT2D eigenvalue weighted by Gasteiger charge is -2.01. The predicted octanol–water partition coefficient (Wildman–Crippen LogP) is 3.70. The second-order valence-corrected chi connectivity index (χ2v) is 3.55. The summed E-state index contributed by atoms with van der Waals surface area (Å²) in [5.74, 6) is 0. The van der Waals surface area contributed by atoms with Crippen LogP contribution in [0.25, 0.3) is 17.3 Å². The third-order valence-electron chi connectivity index (χ3n) is 2.35. The number of rotatable bonds is 2. The fraction of sp³-hybridized carbons (Fsp3) is 0.0714. The van der Waals surface area contributed by atoms with E-state index in [1.54, 1.807) is 0 Å². The van der Waals surface area contributed by atoms with E-state index in [0.717, 1.165) is 16.8 Å². The minimum atomic E-state index is 1.01. The number of aryl methyl sites for hydroxylation is 1. The molecular weight excluding hydrogens is 182 g/mol. The predicted molar refractivity (Wildman–Crippen MR) is 64.5 cm³/mol. The molecule has 0 atom stereocenters. The first-order chi connectivity index (χ1) is 7.29. The highest BCUT2D eigenvalue weighted by atomic mass is 14.7. The van der Waals surface area contributed by atoms with E-state index < -0.39 is 0 Å². The molecule has 0 aliphatic rings. The largest absolute Gasteiger partial charge is 0.256 e. The van der Waals surface area contributed by atoms with Crippen molar-refractivity contribution in [2.24, 2.45) is 0 Å². The summed E-state index contributed by atoms with van der Waals surface area (Å²) in [4.78, 5) is 4.38. The molecule has 1 aromatic carbocycles. The molecule has 1 heterocycles. The standard InChI is InChI=1S/C14H13N/c1-3-12-5-7-13(8-6-12)14-9-4-11(2)10-15-14/h3-10H,1H2,2H3. The van der Waals surface area contributed by atoms with E-state index in [-0.39, 0.29) is 0 Å². The molecule has 1 nitrogen and oxygen atoms in total. The summed E-state index contributed by atoms with van der Waals surface area (Å²) in [5.41, 5.74) is 4.46. The van der Waals surface area contributed by atoms with Crippen LogP contribution in [-0.4, -0.2) is 4.98 Å². The molecule has 1 heteroatoms. The van der Waals surface area contributed by atoms with E-state index in [1.807, 2.05) is 37.4 Å². The van der Waals surface area contributed by atoms with E-state index in [9.17, 15) is 0 Å². The zero-order chi connectivity index (χ0) is 10.7. The summed E-state index contributed by atoms with van der Waals surface area (Å²) in [6, 6.07) is 12.3. The van der Waals surface area contributed by atoms with Gasteiger partial charge in [-0.3, -0.25) is 4.98 Å². The van der Waals surface area contributed by atoms with Gasteiger partial charge in [-0.15, -0.1) is 0 Å². The van der Waals surface area contributed by atoms with Crippen LogP contribution in [0.5, 0.6) is 0 Å². The molecule has 2 aromatic rings. The molecule has 74 valence electrons. The van der Waals surface area contributed by atoms with E-state index in [1.165, 1.54) is 5.56 Å². The Bertz CT molecular complexity index is 452. The van der Waals surface area contributed by atoms with Gasteiger partial charge in [-0.05, 0) is 24.1 Å². The lowest BCUT2D eigenvalue weighted by atomic mass is 10.1. The van der Waals surface area contributed by atoms with Crippen molar-refractivity contribution < 1.29 is 0 Å². The summed E-state index contributed by atoms with van der Waals surface area (Å²) >= 11 is 0. The topological polar surface area (TPSA) is 12.9 Å². The van der Waals surface area contributed by atoms with Crippen LogP contribution in [0, 0.1) is 6.92 Å². The van der Waals surface area contributed by atoms with Gasteiger partial charge in [0.15, 0.2) is 0 Å². The Hall–Kier alpha value is -1.89. The lowest BCUT2D eigenvalue weighted by Crippen LogP contribution is -1.83. The summed E-state index contributed by atoms with van der Waals surface area (Å²) in [5, 5.41) is 0. The van der Waals surface area contributed by atoms with Gasteiger partial charge < -0.3 is 0 Å². The van der Waals surface area contributed by atoms with Crippen molar-refractivity contribution in [1.29, 1.82) is 0 Å². The molecule has 0 N–H and O–H groups in total. The minimum Gasteiger partial charge on any atom is -0.256 e. The van der Waals surface area contributed by atoms with Crippen molar-refractivity contribution in [3.8, 4) is 11.3 Å². The molecule has 0 radical (unpaired) electrons. The van der Waals surface area contributed by atoms with Crippen LogP contribution in [-0.2, 0) is 0 Å². The highest BCUT2D eigenvalue weighted by Crippen LogP contribution is 2.17. The Morgan fingerprint density at radius 1 is 1.07 bits per heavy atom. The molecule has 0 fully saturated rings. The fourth-order valence-electron chi connectivity index (χ4n) is 1.43. The van der Waals surface area contributed by atoms with Crippen molar-refractivity contribution in [2.45, 2.75) is 6.92 Å². The zero-order valence-corrected chi connectivity index (χ0v) is 8.77. The first-order valence-corrected chi connectivity index (χ1v) is 4.95. The molecule has 0 saturated heterocycles. The molecule has 0 bridgehead atoms. The molecule has 15 heavy (non-hydrogen) atoms.